The Hall–Kier alpha value is -0.780. The molecule has 1 atom stereocenters. The van der Waals surface area contributed by atoms with Crippen molar-refractivity contribution >= 4 is 27.3 Å². The van der Waals surface area contributed by atoms with Crippen molar-refractivity contribution < 1.29 is 8.78 Å². The Morgan fingerprint density at radius 3 is 2.72 bits per heavy atom. The fraction of sp³-hybridized carbons (Fsp3) is 0.231. The van der Waals surface area contributed by atoms with Crippen molar-refractivity contribution in [3.63, 3.8) is 0 Å². The molecule has 18 heavy (non-hydrogen) atoms. The van der Waals surface area contributed by atoms with Crippen LogP contribution in [-0.2, 0) is 6.54 Å². The van der Waals surface area contributed by atoms with E-state index < -0.39 is 11.6 Å². The largest absolute Gasteiger partial charge is 0.305 e. The van der Waals surface area contributed by atoms with Gasteiger partial charge < -0.3 is 5.32 Å². The first-order valence-corrected chi connectivity index (χ1v) is 7.15. The number of hydrogen-bond acceptors (Lipinski definition) is 2. The zero-order valence-corrected chi connectivity index (χ0v) is 12.1. The average Bonchev–Trinajstić information content (AvgIpc) is 2.74. The molecule has 1 nitrogen and oxygen atoms in total. The van der Waals surface area contributed by atoms with Crippen molar-refractivity contribution in [3.8, 4) is 0 Å². The summed E-state index contributed by atoms with van der Waals surface area (Å²) in [5, 5.41) is 5.22. The van der Waals surface area contributed by atoms with E-state index in [4.69, 9.17) is 0 Å². The maximum absolute atomic E-state index is 13.4. The molecule has 5 heteroatoms. The van der Waals surface area contributed by atoms with Gasteiger partial charge in [-0.05, 0) is 40.4 Å². The molecule has 0 radical (unpaired) electrons. The van der Waals surface area contributed by atoms with Crippen LogP contribution in [0.1, 0.15) is 23.4 Å². The van der Waals surface area contributed by atoms with Gasteiger partial charge in [0.25, 0.3) is 0 Å². The second-order valence-corrected chi connectivity index (χ2v) is 5.77. The van der Waals surface area contributed by atoms with E-state index in [0.717, 1.165) is 15.4 Å². The maximum atomic E-state index is 13.4. The molecule has 1 N–H and O–H groups in total. The third kappa shape index (κ3) is 3.16. The highest BCUT2D eigenvalue weighted by Gasteiger charge is 2.11. The maximum Gasteiger partial charge on any atom is 0.130 e. The molecule has 1 aromatic carbocycles. The third-order valence-corrected chi connectivity index (χ3v) is 4.71. The van der Waals surface area contributed by atoms with Gasteiger partial charge in [-0.2, -0.15) is 0 Å². The van der Waals surface area contributed by atoms with Crippen LogP contribution in [0.5, 0.6) is 0 Å². The van der Waals surface area contributed by atoms with Gasteiger partial charge in [0.1, 0.15) is 11.6 Å². The van der Waals surface area contributed by atoms with E-state index in [1.165, 1.54) is 12.1 Å². The summed E-state index contributed by atoms with van der Waals surface area (Å²) in [5.41, 5.74) is 0.468. The fourth-order valence-corrected chi connectivity index (χ4v) is 3.38. The lowest BCUT2D eigenvalue weighted by molar-refractivity contribution is 0.536. The zero-order valence-electron chi connectivity index (χ0n) is 9.71. The van der Waals surface area contributed by atoms with Gasteiger partial charge in [0.2, 0.25) is 0 Å². The molecule has 1 heterocycles. The van der Waals surface area contributed by atoms with Gasteiger partial charge in [-0.25, -0.2) is 8.78 Å². The fourth-order valence-electron chi connectivity index (χ4n) is 1.64. The Morgan fingerprint density at radius 1 is 1.33 bits per heavy atom. The first kappa shape index (κ1) is 13.6. The molecule has 0 saturated heterocycles. The lowest BCUT2D eigenvalue weighted by atomic mass is 10.2. The second-order valence-electron chi connectivity index (χ2n) is 3.97. The van der Waals surface area contributed by atoms with Crippen molar-refractivity contribution in [2.75, 3.05) is 0 Å². The molecule has 1 aromatic heterocycles. The van der Waals surface area contributed by atoms with Crippen LogP contribution in [0.15, 0.2) is 34.1 Å². The molecule has 2 rings (SSSR count). The Kier molecular flexibility index (Phi) is 4.48. The second kappa shape index (κ2) is 5.91. The lowest BCUT2D eigenvalue weighted by Crippen LogP contribution is -2.18. The van der Waals surface area contributed by atoms with Crippen LogP contribution in [0, 0.1) is 11.6 Å². The van der Waals surface area contributed by atoms with Gasteiger partial charge in [-0.1, -0.05) is 6.07 Å². The highest BCUT2D eigenvalue weighted by molar-refractivity contribution is 9.10. The highest BCUT2D eigenvalue weighted by atomic mass is 79.9. The summed E-state index contributed by atoms with van der Waals surface area (Å²) in [7, 11) is 0. The SMILES string of the molecule is CC(NCc1ccc(F)cc1F)c1sccc1Br. The summed E-state index contributed by atoms with van der Waals surface area (Å²) >= 11 is 5.10. The van der Waals surface area contributed by atoms with E-state index >= 15 is 0 Å². The minimum atomic E-state index is -0.551. The van der Waals surface area contributed by atoms with Gasteiger partial charge in [0.05, 0.1) is 0 Å². The van der Waals surface area contributed by atoms with Crippen LogP contribution in [0.2, 0.25) is 0 Å². The van der Waals surface area contributed by atoms with Gasteiger partial charge in [0.15, 0.2) is 0 Å². The van der Waals surface area contributed by atoms with Crippen molar-refractivity contribution in [3.05, 3.63) is 56.2 Å². The molecule has 0 amide bonds. The van der Waals surface area contributed by atoms with E-state index in [1.807, 2.05) is 18.4 Å². The third-order valence-electron chi connectivity index (χ3n) is 2.65. The molecule has 0 spiro atoms. The van der Waals surface area contributed by atoms with E-state index in [2.05, 4.69) is 21.2 Å². The lowest BCUT2D eigenvalue weighted by Gasteiger charge is -2.13. The number of hydrogen-bond donors (Lipinski definition) is 1. The quantitative estimate of drug-likeness (QED) is 0.860. The van der Waals surface area contributed by atoms with Crippen molar-refractivity contribution in [1.29, 1.82) is 0 Å². The molecular formula is C13H12BrF2NS. The number of halogens is 3. The van der Waals surface area contributed by atoms with Gasteiger partial charge in [0, 0.05) is 33.6 Å². The Labute approximate surface area is 117 Å². The van der Waals surface area contributed by atoms with Crippen molar-refractivity contribution in [2.45, 2.75) is 19.5 Å². The molecule has 0 aliphatic rings. The normalized spacial score (nSPS) is 12.7. The minimum absolute atomic E-state index is 0.115. The Bertz CT molecular complexity index is 542. The molecule has 1 unspecified atom stereocenters. The van der Waals surface area contributed by atoms with Crippen LogP contribution in [0.25, 0.3) is 0 Å². The minimum Gasteiger partial charge on any atom is -0.305 e. The summed E-state index contributed by atoms with van der Waals surface area (Å²) < 4.78 is 27.2. The number of benzene rings is 1. The molecule has 0 saturated carbocycles. The van der Waals surface area contributed by atoms with E-state index in [-0.39, 0.29) is 6.04 Å². The highest BCUT2D eigenvalue weighted by Crippen LogP contribution is 2.28. The molecular weight excluding hydrogens is 320 g/mol. The standard InChI is InChI=1S/C13H12BrF2NS/c1-8(13-11(14)4-5-18-13)17-7-9-2-3-10(15)6-12(9)16/h2-6,8,17H,7H2,1H3. The van der Waals surface area contributed by atoms with Crippen LogP contribution < -0.4 is 5.32 Å². The number of rotatable bonds is 4. The first-order valence-electron chi connectivity index (χ1n) is 5.48. The molecule has 96 valence electrons. The summed E-state index contributed by atoms with van der Waals surface area (Å²) in [6.07, 6.45) is 0. The van der Waals surface area contributed by atoms with Crippen LogP contribution in [0.3, 0.4) is 0 Å². The molecule has 0 aliphatic carbocycles. The summed E-state index contributed by atoms with van der Waals surface area (Å²) in [6, 6.07) is 5.74. The van der Waals surface area contributed by atoms with E-state index in [9.17, 15) is 8.78 Å². The molecule has 0 fully saturated rings. The zero-order chi connectivity index (χ0) is 13.1. The summed E-state index contributed by atoms with van der Waals surface area (Å²) in [4.78, 5) is 1.16. The number of nitrogens with one attached hydrogen (secondary N) is 1. The van der Waals surface area contributed by atoms with Crippen LogP contribution in [0.4, 0.5) is 8.78 Å². The smallest absolute Gasteiger partial charge is 0.130 e. The monoisotopic (exact) mass is 331 g/mol. The summed E-state index contributed by atoms with van der Waals surface area (Å²) in [5.74, 6) is -1.06. The number of thiophene rings is 1. The Morgan fingerprint density at radius 2 is 2.11 bits per heavy atom. The van der Waals surface area contributed by atoms with Gasteiger partial charge >= 0.3 is 0 Å². The summed E-state index contributed by atoms with van der Waals surface area (Å²) in [6.45, 7) is 2.38. The van der Waals surface area contributed by atoms with E-state index in [0.29, 0.717) is 12.1 Å². The molecule has 2 aromatic rings. The predicted molar refractivity (Wildman–Crippen MR) is 73.6 cm³/mol. The molecule has 0 bridgehead atoms. The first-order chi connectivity index (χ1) is 8.58. The van der Waals surface area contributed by atoms with Crippen molar-refractivity contribution in [1.82, 2.24) is 5.32 Å². The van der Waals surface area contributed by atoms with Crippen LogP contribution >= 0.6 is 27.3 Å². The average molecular weight is 332 g/mol. The van der Waals surface area contributed by atoms with E-state index in [1.54, 1.807) is 11.3 Å². The topological polar surface area (TPSA) is 12.0 Å². The van der Waals surface area contributed by atoms with Crippen LogP contribution in [-0.4, -0.2) is 0 Å². The van der Waals surface area contributed by atoms with Gasteiger partial charge in [-0.3, -0.25) is 0 Å². The predicted octanol–water partition coefficient (Wildman–Crippen LogP) is 4.64. The van der Waals surface area contributed by atoms with Gasteiger partial charge in [-0.15, -0.1) is 11.3 Å². The Balaban J connectivity index is 2.01. The van der Waals surface area contributed by atoms with Crippen molar-refractivity contribution in [2.24, 2.45) is 0 Å². The molecule has 0 aliphatic heterocycles.